The number of amides is 2. The molecular formula is C22H23ClN4O2S. The summed E-state index contributed by atoms with van der Waals surface area (Å²) < 4.78 is 5.59. The van der Waals surface area contributed by atoms with Crippen LogP contribution in [0.2, 0.25) is 5.02 Å². The van der Waals surface area contributed by atoms with Gasteiger partial charge in [0.05, 0.1) is 18.0 Å². The van der Waals surface area contributed by atoms with E-state index in [1.165, 1.54) is 0 Å². The predicted octanol–water partition coefficient (Wildman–Crippen LogP) is 5.22. The van der Waals surface area contributed by atoms with E-state index in [4.69, 9.17) is 21.3 Å². The smallest absolute Gasteiger partial charge is 0.322 e. The largest absolute Gasteiger partial charge is 0.492 e. The van der Waals surface area contributed by atoms with Crippen LogP contribution in [0.25, 0.3) is 11.3 Å². The number of nitrogens with zero attached hydrogens (tertiary/aromatic N) is 3. The molecule has 8 heteroatoms. The van der Waals surface area contributed by atoms with Crippen molar-refractivity contribution in [3.63, 3.8) is 0 Å². The SMILES string of the molecule is CCOc1ccccc1NC(=O)N1CCN(c2nc(-c3ccc(Cl)cc3)cs2)CC1. The first kappa shape index (κ1) is 20.5. The maximum Gasteiger partial charge on any atom is 0.322 e. The summed E-state index contributed by atoms with van der Waals surface area (Å²) in [6.07, 6.45) is 0. The number of ether oxygens (including phenoxy) is 1. The van der Waals surface area contributed by atoms with Gasteiger partial charge in [-0.15, -0.1) is 11.3 Å². The van der Waals surface area contributed by atoms with Gasteiger partial charge in [0.15, 0.2) is 5.13 Å². The molecule has 1 saturated heterocycles. The van der Waals surface area contributed by atoms with Gasteiger partial charge in [-0.05, 0) is 31.2 Å². The summed E-state index contributed by atoms with van der Waals surface area (Å²) in [6.45, 7) is 5.24. The number of hydrogen-bond acceptors (Lipinski definition) is 5. The fourth-order valence-corrected chi connectivity index (χ4v) is 4.32. The number of piperazine rings is 1. The van der Waals surface area contributed by atoms with Gasteiger partial charge in [-0.1, -0.05) is 35.9 Å². The minimum atomic E-state index is -0.109. The summed E-state index contributed by atoms with van der Waals surface area (Å²) in [6, 6.07) is 15.1. The molecule has 2 amide bonds. The molecule has 1 aliphatic heterocycles. The van der Waals surface area contributed by atoms with E-state index in [0.29, 0.717) is 36.2 Å². The number of aromatic nitrogens is 1. The second-order valence-corrected chi connectivity index (χ2v) is 8.13. The highest BCUT2D eigenvalue weighted by Crippen LogP contribution is 2.29. The topological polar surface area (TPSA) is 57.7 Å². The third-order valence-electron chi connectivity index (χ3n) is 4.90. The minimum absolute atomic E-state index is 0.109. The van der Waals surface area contributed by atoms with Gasteiger partial charge in [-0.2, -0.15) is 0 Å². The summed E-state index contributed by atoms with van der Waals surface area (Å²) in [7, 11) is 0. The van der Waals surface area contributed by atoms with Gasteiger partial charge in [0.1, 0.15) is 5.75 Å². The molecule has 6 nitrogen and oxygen atoms in total. The first-order valence-corrected chi connectivity index (χ1v) is 11.1. The molecule has 0 saturated carbocycles. The average Bonchev–Trinajstić information content (AvgIpc) is 3.26. The lowest BCUT2D eigenvalue weighted by atomic mass is 10.2. The van der Waals surface area contributed by atoms with Crippen LogP contribution in [0.15, 0.2) is 53.9 Å². The number of benzene rings is 2. The van der Waals surface area contributed by atoms with Crippen LogP contribution in [0.3, 0.4) is 0 Å². The van der Waals surface area contributed by atoms with E-state index in [1.807, 2.05) is 60.4 Å². The van der Waals surface area contributed by atoms with Gasteiger partial charge < -0.3 is 19.9 Å². The molecule has 0 bridgehead atoms. The van der Waals surface area contributed by atoms with Crippen LogP contribution in [0.4, 0.5) is 15.6 Å². The summed E-state index contributed by atoms with van der Waals surface area (Å²) in [5.41, 5.74) is 2.69. The summed E-state index contributed by atoms with van der Waals surface area (Å²) in [5, 5.41) is 6.72. The monoisotopic (exact) mass is 442 g/mol. The van der Waals surface area contributed by atoms with Crippen LogP contribution in [-0.2, 0) is 0 Å². The maximum absolute atomic E-state index is 12.7. The van der Waals surface area contributed by atoms with Crippen LogP contribution in [0.5, 0.6) is 5.75 Å². The average molecular weight is 443 g/mol. The Hall–Kier alpha value is -2.77. The zero-order valence-electron chi connectivity index (χ0n) is 16.7. The molecule has 2 heterocycles. The van der Waals surface area contributed by atoms with E-state index in [0.717, 1.165) is 29.5 Å². The van der Waals surface area contributed by atoms with E-state index < -0.39 is 0 Å². The lowest BCUT2D eigenvalue weighted by molar-refractivity contribution is 0.208. The van der Waals surface area contributed by atoms with Crippen molar-refractivity contribution in [1.82, 2.24) is 9.88 Å². The molecule has 30 heavy (non-hydrogen) atoms. The van der Waals surface area contributed by atoms with Crippen molar-refractivity contribution in [2.45, 2.75) is 6.92 Å². The highest BCUT2D eigenvalue weighted by Gasteiger charge is 2.23. The van der Waals surface area contributed by atoms with E-state index in [1.54, 1.807) is 11.3 Å². The highest BCUT2D eigenvalue weighted by atomic mass is 35.5. The fourth-order valence-electron chi connectivity index (χ4n) is 3.31. The lowest BCUT2D eigenvalue weighted by Crippen LogP contribution is -2.50. The van der Waals surface area contributed by atoms with Crippen molar-refractivity contribution >= 4 is 39.8 Å². The van der Waals surface area contributed by atoms with Crippen molar-refractivity contribution in [3.05, 3.63) is 58.9 Å². The van der Waals surface area contributed by atoms with Gasteiger partial charge in [0, 0.05) is 42.1 Å². The number of para-hydroxylation sites is 2. The minimum Gasteiger partial charge on any atom is -0.492 e. The zero-order valence-corrected chi connectivity index (χ0v) is 18.2. The van der Waals surface area contributed by atoms with E-state index in [-0.39, 0.29) is 6.03 Å². The first-order chi connectivity index (χ1) is 14.6. The van der Waals surface area contributed by atoms with E-state index >= 15 is 0 Å². The number of rotatable bonds is 5. The van der Waals surface area contributed by atoms with E-state index in [2.05, 4.69) is 15.6 Å². The van der Waals surface area contributed by atoms with Crippen LogP contribution < -0.4 is 15.0 Å². The number of halogens is 1. The Morgan fingerprint density at radius 1 is 1.13 bits per heavy atom. The predicted molar refractivity (Wildman–Crippen MR) is 123 cm³/mol. The molecule has 0 atom stereocenters. The normalized spacial score (nSPS) is 13.9. The Bertz CT molecular complexity index is 1000. The number of urea groups is 1. The third-order valence-corrected chi connectivity index (χ3v) is 6.05. The number of carbonyl (C=O) groups excluding carboxylic acids is 1. The number of nitrogens with one attached hydrogen (secondary N) is 1. The van der Waals surface area contributed by atoms with Gasteiger partial charge in [-0.25, -0.2) is 9.78 Å². The van der Waals surface area contributed by atoms with Crippen molar-refractivity contribution < 1.29 is 9.53 Å². The summed E-state index contributed by atoms with van der Waals surface area (Å²) in [4.78, 5) is 21.5. The van der Waals surface area contributed by atoms with Crippen LogP contribution in [0.1, 0.15) is 6.92 Å². The van der Waals surface area contributed by atoms with Crippen molar-refractivity contribution in [2.75, 3.05) is 43.0 Å². The Morgan fingerprint density at radius 2 is 1.87 bits per heavy atom. The number of thiazole rings is 1. The molecule has 0 aliphatic carbocycles. The first-order valence-electron chi connectivity index (χ1n) is 9.88. The molecule has 156 valence electrons. The molecule has 1 aromatic heterocycles. The summed E-state index contributed by atoms with van der Waals surface area (Å²) >= 11 is 7.59. The molecule has 0 spiro atoms. The highest BCUT2D eigenvalue weighted by molar-refractivity contribution is 7.14. The third kappa shape index (κ3) is 4.68. The van der Waals surface area contributed by atoms with Gasteiger partial charge in [-0.3, -0.25) is 0 Å². The van der Waals surface area contributed by atoms with E-state index in [9.17, 15) is 4.79 Å². The zero-order chi connectivity index (χ0) is 20.9. The second-order valence-electron chi connectivity index (χ2n) is 6.86. The van der Waals surface area contributed by atoms with Crippen LogP contribution in [-0.4, -0.2) is 48.7 Å². The maximum atomic E-state index is 12.7. The molecule has 0 unspecified atom stereocenters. The molecule has 0 radical (unpaired) electrons. The second kappa shape index (κ2) is 9.36. The number of carbonyl (C=O) groups is 1. The molecule has 1 N–H and O–H groups in total. The summed E-state index contributed by atoms with van der Waals surface area (Å²) in [5.74, 6) is 0.685. The fraction of sp³-hybridized carbons (Fsp3) is 0.273. The molecule has 4 rings (SSSR count). The van der Waals surface area contributed by atoms with Crippen LogP contribution >= 0.6 is 22.9 Å². The Labute approximate surface area is 185 Å². The Kier molecular flexibility index (Phi) is 6.40. The van der Waals surface area contributed by atoms with Crippen molar-refractivity contribution in [3.8, 4) is 17.0 Å². The molecule has 2 aromatic carbocycles. The molecule has 1 aliphatic rings. The Balaban J connectivity index is 1.35. The van der Waals surface area contributed by atoms with Crippen molar-refractivity contribution in [1.29, 1.82) is 0 Å². The standard InChI is InChI=1S/C22H23ClN4O2S/c1-2-29-20-6-4-3-5-18(20)24-21(28)26-11-13-27(14-12-26)22-25-19(15-30-22)16-7-9-17(23)10-8-16/h3-10,15H,2,11-14H2,1H3,(H,24,28). The van der Waals surface area contributed by atoms with Gasteiger partial charge in [0.2, 0.25) is 0 Å². The quantitative estimate of drug-likeness (QED) is 0.588. The molecule has 1 fully saturated rings. The van der Waals surface area contributed by atoms with Crippen molar-refractivity contribution in [2.24, 2.45) is 0 Å². The lowest BCUT2D eigenvalue weighted by Gasteiger charge is -2.34. The molecular weight excluding hydrogens is 420 g/mol. The molecule has 3 aromatic rings. The number of anilines is 2. The number of hydrogen-bond donors (Lipinski definition) is 1. The van der Waals surface area contributed by atoms with Gasteiger partial charge >= 0.3 is 6.03 Å². The van der Waals surface area contributed by atoms with Crippen LogP contribution in [0, 0.1) is 0 Å². The van der Waals surface area contributed by atoms with Gasteiger partial charge in [0.25, 0.3) is 0 Å². The Morgan fingerprint density at radius 3 is 2.60 bits per heavy atom.